The number of ether oxygens (including phenoxy) is 1. The Morgan fingerprint density at radius 1 is 1.00 bits per heavy atom. The van der Waals surface area contributed by atoms with E-state index in [1.165, 1.54) is 6.08 Å². The maximum absolute atomic E-state index is 8.51. The van der Waals surface area contributed by atoms with Gasteiger partial charge in [-0.25, -0.2) is 0 Å². The molecule has 0 bridgehead atoms. The molecule has 0 heterocycles. The third-order valence-electron chi connectivity index (χ3n) is 2.30. The summed E-state index contributed by atoms with van der Waals surface area (Å²) in [5.41, 5.74) is 0.790. The van der Waals surface area contributed by atoms with E-state index in [-0.39, 0.29) is 0 Å². The Kier molecular flexibility index (Phi) is 4.01. The lowest BCUT2D eigenvalue weighted by molar-refractivity contribution is 0.482. The molecule has 0 radical (unpaired) electrons. The highest BCUT2D eigenvalue weighted by atomic mass is 35.5. The highest BCUT2D eigenvalue weighted by Gasteiger charge is 2.00. The lowest BCUT2D eigenvalue weighted by Crippen LogP contribution is -1.84. The van der Waals surface area contributed by atoms with Crippen molar-refractivity contribution in [3.8, 4) is 17.6 Å². The molecule has 0 saturated carbocycles. The first-order chi connectivity index (χ1) is 8.79. The average Bonchev–Trinajstić information content (AvgIpc) is 2.41. The molecule has 0 atom stereocenters. The van der Waals surface area contributed by atoms with E-state index in [0.717, 1.165) is 17.1 Å². The number of hydrogen-bond acceptors (Lipinski definition) is 2. The maximum atomic E-state index is 8.51. The van der Waals surface area contributed by atoms with Crippen LogP contribution in [0.5, 0.6) is 11.5 Å². The van der Waals surface area contributed by atoms with Gasteiger partial charge in [0.15, 0.2) is 0 Å². The third kappa shape index (κ3) is 3.13. The Hall–Kier alpha value is -2.24. The quantitative estimate of drug-likeness (QED) is 0.752. The second-order valence-corrected chi connectivity index (χ2v) is 3.97. The minimum Gasteiger partial charge on any atom is -0.457 e. The van der Waals surface area contributed by atoms with Gasteiger partial charge in [-0.3, -0.25) is 0 Å². The molecule has 0 amide bonds. The first-order valence-electron chi connectivity index (χ1n) is 5.38. The van der Waals surface area contributed by atoms with Crippen molar-refractivity contribution in [2.45, 2.75) is 0 Å². The van der Waals surface area contributed by atoms with Crippen LogP contribution in [0.1, 0.15) is 5.56 Å². The molecule has 2 aromatic carbocycles. The smallest absolute Gasteiger partial charge is 0.127 e. The largest absolute Gasteiger partial charge is 0.457 e. The van der Waals surface area contributed by atoms with Crippen molar-refractivity contribution in [3.05, 3.63) is 66.2 Å². The van der Waals surface area contributed by atoms with Crippen LogP contribution in [0.3, 0.4) is 0 Å². The van der Waals surface area contributed by atoms with Crippen molar-refractivity contribution in [3.63, 3.8) is 0 Å². The lowest BCUT2D eigenvalue weighted by Gasteiger charge is -2.06. The van der Waals surface area contributed by atoms with Gasteiger partial charge in [0, 0.05) is 6.08 Å². The minimum atomic E-state index is 0.420. The van der Waals surface area contributed by atoms with Gasteiger partial charge in [0.2, 0.25) is 0 Å². The summed E-state index contributed by atoms with van der Waals surface area (Å²) in [6.45, 7) is 0. The summed E-state index contributed by atoms with van der Waals surface area (Å²) >= 11 is 5.92. The number of benzene rings is 2. The standard InChI is InChI=1S/C15H10ClNO/c16-15(10-11-17)12-6-8-14(9-7-12)18-13-4-2-1-3-5-13/h1-10H/b15-10-. The van der Waals surface area contributed by atoms with Crippen LogP contribution < -0.4 is 4.74 Å². The van der Waals surface area contributed by atoms with Crippen LogP contribution in [0.25, 0.3) is 5.03 Å². The zero-order valence-corrected chi connectivity index (χ0v) is 10.3. The maximum Gasteiger partial charge on any atom is 0.127 e. The van der Waals surface area contributed by atoms with Gasteiger partial charge >= 0.3 is 0 Å². The molecular formula is C15H10ClNO. The SMILES string of the molecule is N#C/C=C(\Cl)c1ccc(Oc2ccccc2)cc1. The molecule has 0 aliphatic rings. The molecule has 0 aromatic heterocycles. The topological polar surface area (TPSA) is 33.0 Å². The summed E-state index contributed by atoms with van der Waals surface area (Å²) in [5, 5.41) is 8.93. The van der Waals surface area contributed by atoms with Gasteiger partial charge in [-0.15, -0.1) is 0 Å². The van der Waals surface area contributed by atoms with Crippen molar-refractivity contribution in [2.75, 3.05) is 0 Å². The van der Waals surface area contributed by atoms with E-state index in [1.54, 1.807) is 0 Å². The number of nitriles is 1. The molecular weight excluding hydrogens is 246 g/mol. The second kappa shape index (κ2) is 5.90. The van der Waals surface area contributed by atoms with E-state index in [0.29, 0.717) is 5.03 Å². The van der Waals surface area contributed by atoms with E-state index >= 15 is 0 Å². The van der Waals surface area contributed by atoms with Crippen LogP contribution in [0.4, 0.5) is 0 Å². The van der Waals surface area contributed by atoms with Crippen LogP contribution in [-0.2, 0) is 0 Å². The Bertz CT molecular complexity index is 582. The van der Waals surface area contributed by atoms with Gasteiger partial charge in [-0.1, -0.05) is 29.8 Å². The summed E-state index contributed by atoms with van der Waals surface area (Å²) in [6.07, 6.45) is 1.30. The molecule has 2 rings (SSSR count). The fraction of sp³-hybridized carbons (Fsp3) is 0. The van der Waals surface area contributed by atoms with Crippen LogP contribution in [0.15, 0.2) is 60.7 Å². The van der Waals surface area contributed by atoms with E-state index in [1.807, 2.05) is 60.7 Å². The number of nitrogens with zero attached hydrogens (tertiary/aromatic N) is 1. The predicted molar refractivity (Wildman–Crippen MR) is 72.4 cm³/mol. The fourth-order valence-electron chi connectivity index (χ4n) is 1.45. The van der Waals surface area contributed by atoms with Crippen LogP contribution in [-0.4, -0.2) is 0 Å². The molecule has 0 spiro atoms. The van der Waals surface area contributed by atoms with Crippen LogP contribution in [0.2, 0.25) is 0 Å². The van der Waals surface area contributed by atoms with E-state index in [9.17, 15) is 0 Å². The summed E-state index contributed by atoms with van der Waals surface area (Å²) in [7, 11) is 0. The molecule has 2 nitrogen and oxygen atoms in total. The van der Waals surface area contributed by atoms with Gasteiger partial charge in [0.05, 0.1) is 11.1 Å². The van der Waals surface area contributed by atoms with E-state index < -0.39 is 0 Å². The molecule has 0 aliphatic carbocycles. The van der Waals surface area contributed by atoms with Crippen LogP contribution >= 0.6 is 11.6 Å². The first kappa shape index (κ1) is 12.2. The lowest BCUT2D eigenvalue weighted by atomic mass is 10.2. The number of hydrogen-bond donors (Lipinski definition) is 0. The average molecular weight is 256 g/mol. The van der Waals surface area contributed by atoms with Gasteiger partial charge < -0.3 is 4.74 Å². The minimum absolute atomic E-state index is 0.420. The summed E-state index contributed by atoms with van der Waals surface area (Å²) in [5.74, 6) is 1.51. The molecule has 3 heteroatoms. The molecule has 0 fully saturated rings. The molecule has 88 valence electrons. The highest BCUT2D eigenvalue weighted by molar-refractivity contribution is 6.48. The van der Waals surface area contributed by atoms with Crippen LogP contribution in [0, 0.1) is 11.3 Å². The Morgan fingerprint density at radius 3 is 2.22 bits per heavy atom. The molecule has 0 unspecified atom stereocenters. The first-order valence-corrected chi connectivity index (χ1v) is 5.76. The zero-order valence-electron chi connectivity index (χ0n) is 9.51. The van der Waals surface area contributed by atoms with Crippen molar-refractivity contribution >= 4 is 16.6 Å². The normalized spacial score (nSPS) is 10.8. The molecule has 18 heavy (non-hydrogen) atoms. The molecule has 0 saturated heterocycles. The Morgan fingerprint density at radius 2 is 1.61 bits per heavy atom. The second-order valence-electron chi connectivity index (χ2n) is 3.56. The zero-order chi connectivity index (χ0) is 12.8. The predicted octanol–water partition coefficient (Wildman–Crippen LogP) is 4.58. The molecule has 2 aromatic rings. The third-order valence-corrected chi connectivity index (χ3v) is 2.63. The van der Waals surface area contributed by atoms with Gasteiger partial charge in [0.25, 0.3) is 0 Å². The van der Waals surface area contributed by atoms with E-state index in [2.05, 4.69) is 0 Å². The number of allylic oxidation sites excluding steroid dienone is 1. The molecule has 0 aliphatic heterocycles. The fourth-order valence-corrected chi connectivity index (χ4v) is 1.62. The highest BCUT2D eigenvalue weighted by Crippen LogP contribution is 2.24. The van der Waals surface area contributed by atoms with Gasteiger partial charge in [0.1, 0.15) is 11.5 Å². The summed E-state index contributed by atoms with van der Waals surface area (Å²) < 4.78 is 5.65. The Balaban J connectivity index is 2.14. The van der Waals surface area contributed by atoms with Crippen molar-refractivity contribution in [1.82, 2.24) is 0 Å². The summed E-state index contributed by atoms with van der Waals surface area (Å²) in [6, 6.07) is 18.7. The summed E-state index contributed by atoms with van der Waals surface area (Å²) in [4.78, 5) is 0. The van der Waals surface area contributed by atoms with Crippen molar-refractivity contribution < 1.29 is 4.74 Å². The number of rotatable bonds is 3. The van der Waals surface area contributed by atoms with E-state index in [4.69, 9.17) is 21.6 Å². The number of para-hydroxylation sites is 1. The molecule has 0 N–H and O–H groups in total. The number of halogens is 1. The van der Waals surface area contributed by atoms with Crippen molar-refractivity contribution in [2.24, 2.45) is 0 Å². The van der Waals surface area contributed by atoms with Gasteiger partial charge in [-0.2, -0.15) is 5.26 Å². The van der Waals surface area contributed by atoms with Crippen molar-refractivity contribution in [1.29, 1.82) is 5.26 Å². The Labute approximate surface area is 111 Å². The van der Waals surface area contributed by atoms with Gasteiger partial charge in [-0.05, 0) is 42.0 Å². The monoisotopic (exact) mass is 255 g/mol.